The number of nitrogens with one attached hydrogen (secondary N) is 2. The van der Waals surface area contributed by atoms with Crippen molar-refractivity contribution in [2.75, 3.05) is 30.5 Å². The zero-order valence-electron chi connectivity index (χ0n) is 55.1. The minimum absolute atomic E-state index is 0.00993. The average Bonchev–Trinajstić information content (AvgIpc) is 1.71. The van der Waals surface area contributed by atoms with Crippen LogP contribution in [0.2, 0.25) is 9.36 Å². The molecule has 1 unspecified atom stereocenters. The summed E-state index contributed by atoms with van der Waals surface area (Å²) in [6.07, 6.45) is 13.4. The van der Waals surface area contributed by atoms with Crippen molar-refractivity contribution in [2.45, 2.75) is 108 Å². The van der Waals surface area contributed by atoms with Crippen LogP contribution in [0.5, 0.6) is 0 Å². The molecule has 0 bridgehead atoms. The predicted octanol–water partition coefficient (Wildman–Crippen LogP) is 6.37. The topological polar surface area (TPSA) is 473 Å². The van der Waals surface area contributed by atoms with Crippen molar-refractivity contribution < 1.29 is 77.0 Å². The van der Waals surface area contributed by atoms with E-state index in [9.17, 15) is 60.1 Å². The summed E-state index contributed by atoms with van der Waals surface area (Å²) in [5.41, 5.74) is 6.64. The third-order valence-electron chi connectivity index (χ3n) is 17.4. The fourth-order valence-electron chi connectivity index (χ4n) is 12.4. The number of hydrogen-bond donors (Lipinski definition) is 9. The molecule has 2 aromatic carbocycles. The lowest BCUT2D eigenvalue weighted by Gasteiger charge is -2.15. The van der Waals surface area contributed by atoms with Crippen LogP contribution >= 0.6 is 45.9 Å². The van der Waals surface area contributed by atoms with E-state index in [-0.39, 0.29) is 83.8 Å². The minimum Gasteiger partial charge on any atom is -0.461 e. The molecule has 9 aromatic rings. The Hall–Kier alpha value is -7.79. The van der Waals surface area contributed by atoms with E-state index >= 15 is 0 Å². The number of benzene rings is 2. The Bertz CT molecular complexity index is 4820. The van der Waals surface area contributed by atoms with Crippen LogP contribution in [0.1, 0.15) is 135 Å². The number of anilines is 2. The van der Waals surface area contributed by atoms with Crippen molar-refractivity contribution in [2.24, 2.45) is 39.1 Å². The Morgan fingerprint density at radius 1 is 0.641 bits per heavy atom. The molecule has 0 aliphatic heterocycles. The molecule has 0 saturated heterocycles. The first-order valence-corrected chi connectivity index (χ1v) is 38.7. The Balaban J connectivity index is 0.000000166. The van der Waals surface area contributed by atoms with Crippen LogP contribution in [-0.2, 0) is 62.8 Å². The van der Waals surface area contributed by atoms with Gasteiger partial charge < -0.3 is 35.5 Å². The van der Waals surface area contributed by atoms with Crippen LogP contribution in [0.4, 0.5) is 11.6 Å². The number of aliphatic hydroxyl groups excluding tert-OH is 4. The smallest absolute Gasteiger partial charge is 0.333 e. The lowest BCUT2D eigenvalue weighted by Crippen LogP contribution is -2.24. The molecule has 0 spiro atoms. The highest BCUT2D eigenvalue weighted by Crippen LogP contribution is 2.39. The van der Waals surface area contributed by atoms with Gasteiger partial charge in [0.15, 0.2) is 5.76 Å². The van der Waals surface area contributed by atoms with E-state index in [2.05, 4.69) is 64.3 Å². The summed E-state index contributed by atoms with van der Waals surface area (Å²) in [5.74, 6) is -1.39. The van der Waals surface area contributed by atoms with Crippen LogP contribution in [-0.4, -0.2) is 153 Å². The zero-order valence-corrected chi connectivity index (χ0v) is 60.7. The molecule has 3 saturated carbocycles. The predicted molar refractivity (Wildman–Crippen MR) is 380 cm³/mol. The van der Waals surface area contributed by atoms with Crippen molar-refractivity contribution in [1.82, 2.24) is 39.7 Å². The Morgan fingerprint density at radius 3 is 1.76 bits per heavy atom. The molecule has 12 N–H and O–H groups in total. The number of aliphatic hydroxyl groups is 4. The zero-order chi connectivity index (χ0) is 73.9. The normalized spacial score (nSPS) is 20.7. The average molecular weight is 1550 g/mol. The van der Waals surface area contributed by atoms with Gasteiger partial charge in [0.05, 0.1) is 98.6 Å². The summed E-state index contributed by atoms with van der Waals surface area (Å²) in [6, 6.07) is 21.7. The second-order valence-corrected chi connectivity index (χ2v) is 32.1. The summed E-state index contributed by atoms with van der Waals surface area (Å²) in [7, 11) is -12.3. The van der Waals surface area contributed by atoms with Crippen LogP contribution in [0.3, 0.4) is 0 Å². The maximum Gasteiger partial charge on any atom is 0.333 e. The van der Waals surface area contributed by atoms with Gasteiger partial charge in [-0.15, -0.1) is 22.7 Å². The molecule has 7 heterocycles. The number of hydrogen-bond acceptors (Lipinski definition) is 28. The molecule has 0 amide bonds. The van der Waals surface area contributed by atoms with Gasteiger partial charge in [-0.3, -0.25) is 31.6 Å². The number of furan rings is 1. The van der Waals surface area contributed by atoms with Gasteiger partial charge in [0, 0.05) is 71.5 Å². The first-order valence-electron chi connectivity index (χ1n) is 31.9. The molecule has 37 heteroatoms. The number of thiophene rings is 2. The summed E-state index contributed by atoms with van der Waals surface area (Å²) in [4.78, 5) is 66.4. The number of nitrogens with zero attached hydrogens (tertiary/aromatic N) is 8. The van der Waals surface area contributed by atoms with Crippen molar-refractivity contribution in [3.05, 3.63) is 215 Å². The van der Waals surface area contributed by atoms with E-state index in [0.29, 0.717) is 105 Å². The van der Waals surface area contributed by atoms with Gasteiger partial charge in [-0.1, -0.05) is 83.4 Å². The van der Waals surface area contributed by atoms with E-state index in [4.69, 9.17) is 43.0 Å². The first-order chi connectivity index (χ1) is 48.9. The highest BCUT2D eigenvalue weighted by atomic mass is 35.5. The maximum absolute atomic E-state index is 13.3. The molecule has 548 valence electrons. The maximum atomic E-state index is 13.3. The summed E-state index contributed by atoms with van der Waals surface area (Å²) >= 11 is 14.8. The second kappa shape index (κ2) is 34.4. The summed E-state index contributed by atoms with van der Waals surface area (Å²) in [6.45, 7) is 3.84. The number of halogens is 2. The first kappa shape index (κ1) is 77.8. The Labute approximate surface area is 610 Å². The number of carbonyl (C=O) groups is 3. The van der Waals surface area contributed by atoms with Gasteiger partial charge in [-0.25, -0.2) is 45.3 Å². The van der Waals surface area contributed by atoms with Crippen LogP contribution < -0.4 is 26.1 Å². The Kier molecular flexibility index (Phi) is 26.0. The fraction of sp³-hybridized carbons (Fsp3) is 0.364. The molecule has 3 fully saturated rings. The third-order valence-corrected chi connectivity index (χ3v) is 21.5. The van der Waals surface area contributed by atoms with E-state index in [1.54, 1.807) is 59.7 Å². The summed E-state index contributed by atoms with van der Waals surface area (Å²) in [5, 5.41) is 67.2. The highest BCUT2D eigenvalue weighted by molar-refractivity contribution is 7.84. The number of rotatable bonds is 27. The van der Waals surface area contributed by atoms with Crippen molar-refractivity contribution in [3.63, 3.8) is 0 Å². The molecule has 103 heavy (non-hydrogen) atoms. The fourth-order valence-corrected chi connectivity index (χ4v) is 15.9. The molecular formula is C66H73Cl2N13O17S5. The third kappa shape index (κ3) is 21.9. The number of carbonyl (C=O) groups excluding carboxylic acids is 3. The number of ketones is 3. The molecule has 30 nitrogen and oxygen atoms in total. The second-order valence-electron chi connectivity index (χ2n) is 25.1. The van der Waals surface area contributed by atoms with Crippen molar-refractivity contribution in [3.8, 4) is 0 Å². The monoisotopic (exact) mass is 1550 g/mol. The van der Waals surface area contributed by atoms with Gasteiger partial charge in [0.25, 0.3) is 0 Å². The van der Waals surface area contributed by atoms with Gasteiger partial charge in [-0.05, 0) is 105 Å². The number of nitrogens with two attached hydrogens (primary N) is 3. The number of aromatic nitrogens is 8. The molecule has 3 aliphatic carbocycles. The van der Waals surface area contributed by atoms with Crippen molar-refractivity contribution in [1.29, 1.82) is 0 Å². The lowest BCUT2D eigenvalue weighted by molar-refractivity contribution is 0.0998. The molecule has 7 aromatic heterocycles. The van der Waals surface area contributed by atoms with Gasteiger partial charge in [0.2, 0.25) is 17.3 Å². The quantitative estimate of drug-likeness (QED) is 0.0252. The van der Waals surface area contributed by atoms with E-state index in [1.165, 1.54) is 48.9 Å². The SMILES string of the molecule is Cc1cccc(Cc2coc(C(=O)c3cncnc3N[C@@H]3C[C@H](COS(N)(=O)=O)[C@@H](O)C3)c2)c1.Cc1sc(C(=O)c2cncnc2C[C@@H]2C[C@H](COS(N)(=O)=O)[C@@H](O)C2)cc1Cn1cc(Cl)cn1.NS(=O)(=O)OC[C@H]1C[C@@H](Nc2ncncc2C(=O)c2cc(C(O)c3ccccc3)c(Cl)s2)C[C@@H]1O. The lowest BCUT2D eigenvalue weighted by atomic mass is 9.96. The standard InChI is InChI=1S/C23H26N4O6S.C22H23ClN4O6S2.C21H24ClN5O5S2/c1-14-3-2-4-15(5-14)6-16-7-21(32-11-16)22(29)19-10-25-13-26-23(19)27-18-8-17(20(28)9-18)12-33-34(24,30)31;23-21-15(19(29)12-4-2-1-3-5-12)8-18(34-21)20(30)16-9-25-11-26-22(16)27-14-6-13(17(28)7-14)10-33-35(24,31)32;1-12-14(8-27-9-16(22)6-26-27)5-20(33-12)21(29)17-7-24-11-25-18(17)3-13-2-15(19(28)4-13)10-32-34(23,30)31/h2-5,7,10-11,13,17-18,20,28H,6,8-9,12H2,1H3,(H2,24,30,31)(H,25,26,27);1-5,8-9,11,13-14,17,19,28-29H,6-7,10H2,(H2,24,31,32)(H,25,26,27);5-7,9,11,13,15,19,28H,2-4,8,10H2,1H3,(H2,23,30,31)/t17-,18-,20+;13-,14-,17+,19?;13-,15+,19-/m110/s1. The van der Waals surface area contributed by atoms with Crippen LogP contribution in [0, 0.1) is 37.5 Å². The molecule has 10 atom stereocenters. The van der Waals surface area contributed by atoms with E-state index in [0.717, 1.165) is 38.5 Å². The van der Waals surface area contributed by atoms with Gasteiger partial charge in [-0.2, -0.15) is 30.4 Å². The Morgan fingerprint density at radius 2 is 1.18 bits per heavy atom. The van der Waals surface area contributed by atoms with Gasteiger partial charge in [0.1, 0.15) is 36.7 Å². The number of aryl methyl sites for hydroxylation is 2. The molecular weight excluding hydrogens is 1480 g/mol. The largest absolute Gasteiger partial charge is 0.461 e. The van der Waals surface area contributed by atoms with E-state index in [1.807, 2.05) is 44.2 Å². The summed E-state index contributed by atoms with van der Waals surface area (Å²) < 4.78 is 87.7. The van der Waals surface area contributed by atoms with Crippen molar-refractivity contribution >= 4 is 106 Å². The molecule has 3 aliphatic rings. The van der Waals surface area contributed by atoms with Gasteiger partial charge >= 0.3 is 30.9 Å². The van der Waals surface area contributed by atoms with Crippen LogP contribution in [0.15, 0.2) is 133 Å². The minimum atomic E-state index is -4.11. The highest BCUT2D eigenvalue weighted by Gasteiger charge is 2.38. The van der Waals surface area contributed by atoms with Crippen LogP contribution in [0.25, 0.3) is 0 Å². The molecule has 0 radical (unpaired) electrons. The molecule has 12 rings (SSSR count). The van der Waals surface area contributed by atoms with E-state index < -0.39 is 67.2 Å².